The summed E-state index contributed by atoms with van der Waals surface area (Å²) in [6.45, 7) is 2.73. The number of benzene rings is 2. The number of nitrogens with two attached hydrogens (primary N) is 1. The summed E-state index contributed by atoms with van der Waals surface area (Å²) in [5, 5.41) is 6.30. The van der Waals surface area contributed by atoms with Crippen molar-refractivity contribution in [3.8, 4) is 0 Å². The molecule has 5 heteroatoms. The predicted octanol–water partition coefficient (Wildman–Crippen LogP) is 3.62. The van der Waals surface area contributed by atoms with E-state index >= 15 is 0 Å². The summed E-state index contributed by atoms with van der Waals surface area (Å²) in [6.07, 6.45) is 2.14. The van der Waals surface area contributed by atoms with Crippen LogP contribution in [0.4, 0.5) is 11.4 Å². The van der Waals surface area contributed by atoms with Gasteiger partial charge in [-0.15, -0.1) is 0 Å². The number of carbonyl (C=O) groups is 1. The van der Waals surface area contributed by atoms with Crippen molar-refractivity contribution >= 4 is 33.2 Å². The van der Waals surface area contributed by atoms with Gasteiger partial charge in [-0.3, -0.25) is 4.79 Å². The van der Waals surface area contributed by atoms with Gasteiger partial charge in [-0.25, -0.2) is 0 Å². The molecule has 1 unspecified atom stereocenters. The Kier molecular flexibility index (Phi) is 4.41. The Morgan fingerprint density at radius 3 is 2.74 bits per heavy atom. The first-order chi connectivity index (χ1) is 11.0. The van der Waals surface area contributed by atoms with Crippen LogP contribution in [0.2, 0.25) is 0 Å². The Bertz CT molecular complexity index is 726. The third kappa shape index (κ3) is 3.41. The van der Waals surface area contributed by atoms with Crippen LogP contribution >= 0.6 is 15.9 Å². The minimum absolute atomic E-state index is 0.219. The van der Waals surface area contributed by atoms with Crippen molar-refractivity contribution in [1.29, 1.82) is 0 Å². The molecule has 1 aliphatic rings. The number of aryl methyl sites for hydroxylation is 1. The molecule has 0 aliphatic carbocycles. The smallest absolute Gasteiger partial charge is 0.248 e. The third-order valence-electron chi connectivity index (χ3n) is 4.22. The summed E-state index contributed by atoms with van der Waals surface area (Å²) < 4.78 is 0.958. The van der Waals surface area contributed by atoms with Crippen LogP contribution < -0.4 is 16.4 Å². The first kappa shape index (κ1) is 16.0. The molecule has 4 nitrogen and oxygen atoms in total. The zero-order chi connectivity index (χ0) is 16.4. The summed E-state index contributed by atoms with van der Waals surface area (Å²) in [5.41, 5.74) is 9.13. The molecule has 0 aromatic heterocycles. The van der Waals surface area contributed by atoms with E-state index in [1.165, 1.54) is 5.56 Å². The average Bonchev–Trinajstić information content (AvgIpc) is 2.55. The van der Waals surface area contributed by atoms with E-state index in [0.717, 1.165) is 40.8 Å². The Balaban J connectivity index is 1.79. The van der Waals surface area contributed by atoms with E-state index in [4.69, 9.17) is 5.73 Å². The summed E-state index contributed by atoms with van der Waals surface area (Å²) >= 11 is 3.39. The van der Waals surface area contributed by atoms with Gasteiger partial charge in [0.2, 0.25) is 5.91 Å². The summed E-state index contributed by atoms with van der Waals surface area (Å²) in [5.74, 6) is -0.219. The lowest BCUT2D eigenvalue weighted by Gasteiger charge is -2.25. The van der Waals surface area contributed by atoms with E-state index in [-0.39, 0.29) is 5.91 Å². The maximum Gasteiger partial charge on any atom is 0.248 e. The topological polar surface area (TPSA) is 67.2 Å². The van der Waals surface area contributed by atoms with Crippen LogP contribution in [0.5, 0.6) is 0 Å². The van der Waals surface area contributed by atoms with E-state index in [1.807, 2.05) is 42.5 Å². The van der Waals surface area contributed by atoms with E-state index in [0.29, 0.717) is 0 Å². The van der Waals surface area contributed by atoms with Crippen molar-refractivity contribution in [3.05, 3.63) is 58.1 Å². The fourth-order valence-electron chi connectivity index (χ4n) is 2.74. The second-order valence-electron chi connectivity index (χ2n) is 6.07. The maximum absolute atomic E-state index is 12.6. The summed E-state index contributed by atoms with van der Waals surface area (Å²) in [6, 6.07) is 13.4. The number of fused-ring (bicyclic) bond motifs is 1. The van der Waals surface area contributed by atoms with Crippen LogP contribution in [0.3, 0.4) is 0 Å². The van der Waals surface area contributed by atoms with Gasteiger partial charge in [0.15, 0.2) is 0 Å². The molecule has 2 aromatic carbocycles. The largest absolute Gasteiger partial charge is 0.385 e. The lowest BCUT2D eigenvalue weighted by molar-refractivity contribution is -0.120. The minimum Gasteiger partial charge on any atom is -0.385 e. The highest BCUT2D eigenvalue weighted by molar-refractivity contribution is 9.10. The number of rotatable bonds is 3. The standard InChI is InChI=1S/C18H20BrN3O/c1-18(20,13-4-6-14(19)7-5-13)17(23)22-15-8-9-16-12(11-15)3-2-10-21-16/h4-9,11,21H,2-3,10,20H2,1H3,(H,22,23). The fourth-order valence-corrected chi connectivity index (χ4v) is 3.01. The van der Waals surface area contributed by atoms with Gasteiger partial charge in [-0.2, -0.15) is 0 Å². The van der Waals surface area contributed by atoms with Crippen LogP contribution in [-0.2, 0) is 16.8 Å². The molecule has 1 atom stereocenters. The van der Waals surface area contributed by atoms with Crippen molar-refractivity contribution in [2.75, 3.05) is 17.2 Å². The average molecular weight is 374 g/mol. The Hall–Kier alpha value is -1.85. The first-order valence-corrected chi connectivity index (χ1v) is 8.49. The Labute approximate surface area is 144 Å². The summed E-state index contributed by atoms with van der Waals surface area (Å²) in [4.78, 5) is 12.6. The van der Waals surface area contributed by atoms with Gasteiger partial charge in [0.05, 0.1) is 0 Å². The highest BCUT2D eigenvalue weighted by Crippen LogP contribution is 2.27. The second-order valence-corrected chi connectivity index (χ2v) is 6.98. The van der Waals surface area contributed by atoms with E-state index in [2.05, 4.69) is 26.6 Å². The molecule has 120 valence electrons. The molecule has 0 radical (unpaired) electrons. The molecule has 1 heterocycles. The molecule has 0 bridgehead atoms. The minimum atomic E-state index is -1.09. The number of halogens is 1. The quantitative estimate of drug-likeness (QED) is 0.769. The molecule has 1 aliphatic heterocycles. The van der Waals surface area contributed by atoms with Crippen LogP contribution in [0.25, 0.3) is 0 Å². The molecule has 0 saturated heterocycles. The molecule has 23 heavy (non-hydrogen) atoms. The van der Waals surface area contributed by atoms with Gasteiger partial charge in [0.25, 0.3) is 0 Å². The number of nitrogens with one attached hydrogen (secondary N) is 2. The second kappa shape index (κ2) is 6.34. The number of hydrogen-bond donors (Lipinski definition) is 3. The number of amides is 1. The van der Waals surface area contributed by atoms with Crippen molar-refractivity contribution in [1.82, 2.24) is 0 Å². The number of carbonyl (C=O) groups excluding carboxylic acids is 1. The van der Waals surface area contributed by atoms with E-state index < -0.39 is 5.54 Å². The van der Waals surface area contributed by atoms with Gasteiger partial charge in [-0.05, 0) is 61.2 Å². The predicted molar refractivity (Wildman–Crippen MR) is 97.6 cm³/mol. The normalized spacial score (nSPS) is 16.0. The highest BCUT2D eigenvalue weighted by atomic mass is 79.9. The summed E-state index contributed by atoms with van der Waals surface area (Å²) in [7, 11) is 0. The lowest BCUT2D eigenvalue weighted by atomic mass is 9.92. The molecule has 0 saturated carbocycles. The van der Waals surface area contributed by atoms with Crippen LogP contribution in [0, 0.1) is 0 Å². The molecular formula is C18H20BrN3O. The van der Waals surface area contributed by atoms with Gasteiger partial charge in [-0.1, -0.05) is 28.1 Å². The molecule has 0 fully saturated rings. The fraction of sp³-hybridized carbons (Fsp3) is 0.278. The molecule has 2 aromatic rings. The molecular weight excluding hydrogens is 354 g/mol. The van der Waals surface area contributed by atoms with Crippen LogP contribution in [0.1, 0.15) is 24.5 Å². The third-order valence-corrected chi connectivity index (χ3v) is 4.75. The zero-order valence-electron chi connectivity index (χ0n) is 13.0. The maximum atomic E-state index is 12.6. The van der Waals surface area contributed by atoms with Crippen molar-refractivity contribution in [2.45, 2.75) is 25.3 Å². The molecule has 1 amide bonds. The van der Waals surface area contributed by atoms with Gasteiger partial charge in [0, 0.05) is 22.4 Å². The number of hydrogen-bond acceptors (Lipinski definition) is 3. The SMILES string of the molecule is CC(N)(C(=O)Nc1ccc2c(c1)CCCN2)c1ccc(Br)cc1. The number of anilines is 2. The van der Waals surface area contributed by atoms with E-state index in [1.54, 1.807) is 6.92 Å². The highest BCUT2D eigenvalue weighted by Gasteiger charge is 2.30. The lowest BCUT2D eigenvalue weighted by Crippen LogP contribution is -2.45. The van der Waals surface area contributed by atoms with Crippen LogP contribution in [0.15, 0.2) is 46.9 Å². The Morgan fingerprint density at radius 1 is 1.26 bits per heavy atom. The Morgan fingerprint density at radius 2 is 2.00 bits per heavy atom. The monoisotopic (exact) mass is 373 g/mol. The molecule has 4 N–H and O–H groups in total. The van der Waals surface area contributed by atoms with Gasteiger partial charge in [0.1, 0.15) is 5.54 Å². The van der Waals surface area contributed by atoms with Crippen molar-refractivity contribution < 1.29 is 4.79 Å². The first-order valence-electron chi connectivity index (χ1n) is 7.70. The molecule has 0 spiro atoms. The van der Waals surface area contributed by atoms with Crippen LogP contribution in [-0.4, -0.2) is 12.5 Å². The zero-order valence-corrected chi connectivity index (χ0v) is 14.6. The van der Waals surface area contributed by atoms with Gasteiger partial charge >= 0.3 is 0 Å². The van der Waals surface area contributed by atoms with E-state index in [9.17, 15) is 4.79 Å². The van der Waals surface area contributed by atoms with Crippen molar-refractivity contribution in [3.63, 3.8) is 0 Å². The van der Waals surface area contributed by atoms with Crippen molar-refractivity contribution in [2.24, 2.45) is 5.73 Å². The van der Waals surface area contributed by atoms with Gasteiger partial charge < -0.3 is 16.4 Å². The molecule has 3 rings (SSSR count).